The predicted octanol–water partition coefficient (Wildman–Crippen LogP) is 1.98. The third-order valence-corrected chi connectivity index (χ3v) is 5.63. The van der Waals surface area contributed by atoms with Crippen LogP contribution in [0.2, 0.25) is 0 Å². The topological polar surface area (TPSA) is 98.0 Å². The third kappa shape index (κ3) is 3.20. The van der Waals surface area contributed by atoms with E-state index in [1.165, 1.54) is 6.33 Å². The molecule has 3 rings (SSSR count). The van der Waals surface area contributed by atoms with Crippen LogP contribution in [0.4, 0.5) is 5.82 Å². The summed E-state index contributed by atoms with van der Waals surface area (Å²) in [6.07, 6.45) is 3.22. The molecule has 7 heteroatoms. The summed E-state index contributed by atoms with van der Waals surface area (Å²) in [5.74, 6) is 1.65. The van der Waals surface area contributed by atoms with Gasteiger partial charge < -0.3 is 5.32 Å². The molecule has 3 N–H and O–H groups in total. The summed E-state index contributed by atoms with van der Waals surface area (Å²) in [6, 6.07) is 8.71. The summed E-state index contributed by atoms with van der Waals surface area (Å²) in [7, 11) is -3.64. The van der Waals surface area contributed by atoms with Crippen molar-refractivity contribution in [2.75, 3.05) is 11.9 Å². The maximum absolute atomic E-state index is 11.3. The molecule has 122 valence electrons. The van der Waals surface area contributed by atoms with Crippen LogP contribution in [-0.4, -0.2) is 24.9 Å². The zero-order chi connectivity index (χ0) is 16.7. The Labute approximate surface area is 136 Å². The minimum atomic E-state index is -3.64. The number of sulfonamides is 1. The molecule has 0 amide bonds. The molecule has 0 radical (unpaired) electrons. The molecule has 2 unspecified atom stereocenters. The Morgan fingerprint density at radius 1 is 1.22 bits per heavy atom. The van der Waals surface area contributed by atoms with Gasteiger partial charge in [0.1, 0.15) is 12.1 Å². The molecule has 1 heterocycles. The van der Waals surface area contributed by atoms with Crippen molar-refractivity contribution < 1.29 is 8.42 Å². The normalized spacial score (nSPS) is 22.6. The molecule has 1 saturated carbocycles. The van der Waals surface area contributed by atoms with Crippen LogP contribution in [0.1, 0.15) is 25.3 Å². The first-order valence-corrected chi connectivity index (χ1v) is 8.97. The van der Waals surface area contributed by atoms with E-state index in [9.17, 15) is 8.42 Å². The van der Waals surface area contributed by atoms with Gasteiger partial charge in [0, 0.05) is 12.7 Å². The highest BCUT2D eigenvalue weighted by atomic mass is 32.2. The fourth-order valence-electron chi connectivity index (χ4n) is 3.26. The average molecular weight is 332 g/mol. The number of rotatable bonds is 5. The first kappa shape index (κ1) is 15.9. The van der Waals surface area contributed by atoms with Crippen molar-refractivity contribution in [3.05, 3.63) is 48.4 Å². The smallest absolute Gasteiger partial charge is 0.238 e. The van der Waals surface area contributed by atoms with Gasteiger partial charge >= 0.3 is 0 Å². The SMILES string of the molecule is CC1(C)C(CNc2ccncn2)C1c1ccc(S(N)(=O)=O)cc1. The van der Waals surface area contributed by atoms with Gasteiger partial charge in [0.15, 0.2) is 0 Å². The molecule has 1 aliphatic carbocycles. The van der Waals surface area contributed by atoms with Crippen LogP contribution in [0.25, 0.3) is 0 Å². The first-order valence-electron chi connectivity index (χ1n) is 7.43. The Morgan fingerprint density at radius 3 is 2.48 bits per heavy atom. The number of primary sulfonamides is 1. The van der Waals surface area contributed by atoms with Crippen molar-refractivity contribution in [1.82, 2.24) is 9.97 Å². The molecule has 1 aromatic carbocycles. The quantitative estimate of drug-likeness (QED) is 0.872. The van der Waals surface area contributed by atoms with Crippen LogP contribution in [0.5, 0.6) is 0 Å². The Hall–Kier alpha value is -1.99. The van der Waals surface area contributed by atoms with E-state index in [1.54, 1.807) is 18.3 Å². The van der Waals surface area contributed by atoms with Gasteiger partial charge in [0.25, 0.3) is 0 Å². The molecule has 0 saturated heterocycles. The molecule has 1 aromatic heterocycles. The van der Waals surface area contributed by atoms with Crippen molar-refractivity contribution >= 4 is 15.8 Å². The maximum Gasteiger partial charge on any atom is 0.238 e. The van der Waals surface area contributed by atoms with Crippen molar-refractivity contribution in [3.63, 3.8) is 0 Å². The Bertz CT molecular complexity index is 789. The van der Waals surface area contributed by atoms with E-state index < -0.39 is 10.0 Å². The van der Waals surface area contributed by atoms with Gasteiger partial charge in [0.05, 0.1) is 4.90 Å². The Kier molecular flexibility index (Phi) is 3.85. The van der Waals surface area contributed by atoms with Crippen LogP contribution in [0.3, 0.4) is 0 Å². The fraction of sp³-hybridized carbons (Fsp3) is 0.375. The van der Waals surface area contributed by atoms with Crippen LogP contribution in [0, 0.1) is 11.3 Å². The standard InChI is InChI=1S/C16H20N4O2S/c1-16(2)13(9-19-14-7-8-18-10-20-14)15(16)11-3-5-12(6-4-11)23(17,21)22/h3-8,10,13,15H,9H2,1-2H3,(H2,17,21,22)(H,18,19,20). The number of hydrogen-bond donors (Lipinski definition) is 2. The van der Waals surface area contributed by atoms with Gasteiger partial charge in [-0.3, -0.25) is 0 Å². The summed E-state index contributed by atoms with van der Waals surface area (Å²) in [6.45, 7) is 5.25. The number of benzene rings is 1. The van der Waals surface area contributed by atoms with E-state index in [1.807, 2.05) is 18.2 Å². The van der Waals surface area contributed by atoms with E-state index in [4.69, 9.17) is 5.14 Å². The highest BCUT2D eigenvalue weighted by molar-refractivity contribution is 7.89. The molecule has 0 spiro atoms. The Balaban J connectivity index is 1.71. The zero-order valence-electron chi connectivity index (χ0n) is 13.1. The zero-order valence-corrected chi connectivity index (χ0v) is 13.9. The van der Waals surface area contributed by atoms with E-state index in [0.29, 0.717) is 11.8 Å². The van der Waals surface area contributed by atoms with E-state index in [-0.39, 0.29) is 10.3 Å². The number of nitrogens with one attached hydrogen (secondary N) is 1. The van der Waals surface area contributed by atoms with Gasteiger partial charge in [-0.15, -0.1) is 0 Å². The van der Waals surface area contributed by atoms with E-state index in [2.05, 4.69) is 29.1 Å². The molecule has 0 bridgehead atoms. The lowest BCUT2D eigenvalue weighted by molar-refractivity contribution is 0.565. The fourth-order valence-corrected chi connectivity index (χ4v) is 3.78. The Morgan fingerprint density at radius 2 is 1.91 bits per heavy atom. The largest absolute Gasteiger partial charge is 0.370 e. The minimum Gasteiger partial charge on any atom is -0.370 e. The number of nitrogens with zero attached hydrogens (tertiary/aromatic N) is 2. The minimum absolute atomic E-state index is 0.148. The second-order valence-electron chi connectivity index (χ2n) is 6.50. The molecule has 1 fully saturated rings. The molecular formula is C16H20N4O2S. The number of anilines is 1. The highest BCUT2D eigenvalue weighted by Gasteiger charge is 2.57. The van der Waals surface area contributed by atoms with E-state index in [0.717, 1.165) is 17.9 Å². The van der Waals surface area contributed by atoms with Crippen molar-refractivity contribution in [2.45, 2.75) is 24.7 Å². The van der Waals surface area contributed by atoms with Crippen LogP contribution >= 0.6 is 0 Å². The van der Waals surface area contributed by atoms with Crippen LogP contribution in [-0.2, 0) is 10.0 Å². The molecule has 2 atom stereocenters. The van der Waals surface area contributed by atoms with Crippen molar-refractivity contribution in [1.29, 1.82) is 0 Å². The number of nitrogens with two attached hydrogens (primary N) is 1. The first-order chi connectivity index (χ1) is 10.8. The van der Waals surface area contributed by atoms with Gasteiger partial charge in [-0.1, -0.05) is 26.0 Å². The van der Waals surface area contributed by atoms with Gasteiger partial charge in [-0.05, 0) is 41.0 Å². The molecule has 2 aromatic rings. The van der Waals surface area contributed by atoms with Gasteiger partial charge in [0.2, 0.25) is 10.0 Å². The summed E-state index contributed by atoms with van der Waals surface area (Å²) in [4.78, 5) is 8.21. The lowest BCUT2D eigenvalue weighted by Gasteiger charge is -2.05. The van der Waals surface area contributed by atoms with Gasteiger partial charge in [-0.25, -0.2) is 23.5 Å². The lowest BCUT2D eigenvalue weighted by atomic mass is 10.0. The van der Waals surface area contributed by atoms with Gasteiger partial charge in [-0.2, -0.15) is 0 Å². The maximum atomic E-state index is 11.3. The number of hydrogen-bond acceptors (Lipinski definition) is 5. The van der Waals surface area contributed by atoms with Crippen LogP contribution in [0.15, 0.2) is 47.8 Å². The molecule has 23 heavy (non-hydrogen) atoms. The van der Waals surface area contributed by atoms with Crippen LogP contribution < -0.4 is 10.5 Å². The average Bonchev–Trinajstić information content (AvgIpc) is 3.06. The van der Waals surface area contributed by atoms with Crippen molar-refractivity contribution in [2.24, 2.45) is 16.5 Å². The summed E-state index contributed by atoms with van der Waals surface area (Å²) < 4.78 is 22.7. The predicted molar refractivity (Wildman–Crippen MR) is 88.3 cm³/mol. The molecular weight excluding hydrogens is 312 g/mol. The van der Waals surface area contributed by atoms with E-state index >= 15 is 0 Å². The molecule has 6 nitrogen and oxygen atoms in total. The summed E-state index contributed by atoms with van der Waals surface area (Å²) in [5, 5.41) is 8.47. The molecule has 1 aliphatic rings. The summed E-state index contributed by atoms with van der Waals surface area (Å²) >= 11 is 0. The lowest BCUT2D eigenvalue weighted by Crippen LogP contribution is -2.11. The van der Waals surface area contributed by atoms with Crippen molar-refractivity contribution in [3.8, 4) is 0 Å². The molecule has 0 aliphatic heterocycles. The summed E-state index contributed by atoms with van der Waals surface area (Å²) in [5.41, 5.74) is 1.29. The number of aromatic nitrogens is 2. The highest BCUT2D eigenvalue weighted by Crippen LogP contribution is 2.64. The third-order valence-electron chi connectivity index (χ3n) is 4.70. The monoisotopic (exact) mass is 332 g/mol. The second kappa shape index (κ2) is 5.58. The second-order valence-corrected chi connectivity index (χ2v) is 8.06.